The van der Waals surface area contributed by atoms with E-state index in [1.54, 1.807) is 0 Å². The number of pyridine rings is 1. The summed E-state index contributed by atoms with van der Waals surface area (Å²) in [6.07, 6.45) is 13.2. The van der Waals surface area contributed by atoms with Gasteiger partial charge in [-0.1, -0.05) is 44.7 Å². The van der Waals surface area contributed by atoms with Gasteiger partial charge in [0, 0.05) is 29.8 Å². The molecule has 3 aromatic rings. The number of aromatic amines is 1. The average Bonchev–Trinajstić information content (AvgIpc) is 3.03. The number of aromatic nitrogens is 3. The molecule has 3 rings (SSSR count). The monoisotopic (exact) mass is 293 g/mol. The van der Waals surface area contributed by atoms with Gasteiger partial charge in [0.1, 0.15) is 5.82 Å². The number of nitrogens with one attached hydrogen (secondary N) is 1. The molecule has 22 heavy (non-hydrogen) atoms. The van der Waals surface area contributed by atoms with E-state index in [-0.39, 0.29) is 0 Å². The fourth-order valence-corrected chi connectivity index (χ4v) is 2.78. The van der Waals surface area contributed by atoms with Crippen molar-refractivity contribution in [3.63, 3.8) is 0 Å². The van der Waals surface area contributed by atoms with Crippen LogP contribution in [-0.2, 0) is 6.42 Å². The van der Waals surface area contributed by atoms with E-state index in [2.05, 4.69) is 40.1 Å². The highest BCUT2D eigenvalue weighted by Gasteiger charge is 2.04. The Morgan fingerprint density at radius 2 is 1.86 bits per heavy atom. The third kappa shape index (κ3) is 3.53. The molecule has 0 aliphatic rings. The zero-order valence-corrected chi connectivity index (χ0v) is 13.2. The number of fused-ring (bicyclic) bond motifs is 1. The predicted molar refractivity (Wildman–Crippen MR) is 91.8 cm³/mol. The van der Waals surface area contributed by atoms with Crippen LogP contribution in [-0.4, -0.2) is 15.0 Å². The molecular formula is C19H23N3. The van der Waals surface area contributed by atoms with Gasteiger partial charge in [-0.25, -0.2) is 4.98 Å². The Balaban J connectivity index is 1.66. The second kappa shape index (κ2) is 7.21. The number of nitrogens with zero attached hydrogens (tertiary/aromatic N) is 2. The van der Waals surface area contributed by atoms with Gasteiger partial charge in [-0.3, -0.25) is 4.98 Å². The topological polar surface area (TPSA) is 41.6 Å². The summed E-state index contributed by atoms with van der Waals surface area (Å²) in [6.45, 7) is 2.25. The van der Waals surface area contributed by atoms with E-state index in [4.69, 9.17) is 0 Å². The first-order chi connectivity index (χ1) is 10.9. The van der Waals surface area contributed by atoms with Gasteiger partial charge >= 0.3 is 0 Å². The molecule has 0 radical (unpaired) electrons. The molecule has 0 bridgehead atoms. The summed E-state index contributed by atoms with van der Waals surface area (Å²) in [4.78, 5) is 12.2. The molecule has 0 fully saturated rings. The van der Waals surface area contributed by atoms with Crippen LogP contribution < -0.4 is 0 Å². The summed E-state index contributed by atoms with van der Waals surface area (Å²) >= 11 is 0. The van der Waals surface area contributed by atoms with Crippen molar-refractivity contribution >= 4 is 10.8 Å². The molecule has 0 saturated heterocycles. The SMILES string of the molecule is CCCCCCCc1ncc(-c2ccc3ccncc3c2)[nH]1. The Morgan fingerprint density at radius 1 is 0.955 bits per heavy atom. The lowest BCUT2D eigenvalue weighted by molar-refractivity contribution is 0.624. The number of rotatable bonds is 7. The van der Waals surface area contributed by atoms with Crippen LogP contribution in [0, 0.1) is 0 Å². The van der Waals surface area contributed by atoms with E-state index in [0.717, 1.165) is 23.3 Å². The second-order valence-corrected chi connectivity index (χ2v) is 5.85. The third-order valence-corrected chi connectivity index (χ3v) is 4.10. The van der Waals surface area contributed by atoms with E-state index in [9.17, 15) is 0 Å². The number of imidazole rings is 1. The standard InChI is InChI=1S/C19H23N3/c1-2-3-4-5-6-7-19-21-14-18(22-19)16-9-8-15-10-11-20-13-17(15)12-16/h8-14H,2-7H2,1H3,(H,21,22). The second-order valence-electron chi connectivity index (χ2n) is 5.85. The van der Waals surface area contributed by atoms with Crippen LogP contribution in [0.5, 0.6) is 0 Å². The van der Waals surface area contributed by atoms with Crippen LogP contribution in [0.15, 0.2) is 42.9 Å². The maximum Gasteiger partial charge on any atom is 0.106 e. The van der Waals surface area contributed by atoms with E-state index in [0.29, 0.717) is 0 Å². The highest BCUT2D eigenvalue weighted by atomic mass is 14.9. The minimum absolute atomic E-state index is 1.04. The molecule has 1 N–H and O–H groups in total. The minimum Gasteiger partial charge on any atom is -0.342 e. The van der Waals surface area contributed by atoms with Crippen LogP contribution in [0.3, 0.4) is 0 Å². The number of aryl methyl sites for hydroxylation is 1. The molecule has 1 aromatic carbocycles. The molecule has 0 amide bonds. The molecule has 2 heterocycles. The first-order valence-electron chi connectivity index (χ1n) is 8.25. The number of hydrogen-bond donors (Lipinski definition) is 1. The molecule has 3 nitrogen and oxygen atoms in total. The van der Waals surface area contributed by atoms with Gasteiger partial charge in [-0.2, -0.15) is 0 Å². The molecule has 3 heteroatoms. The van der Waals surface area contributed by atoms with E-state index < -0.39 is 0 Å². The molecule has 0 saturated carbocycles. The van der Waals surface area contributed by atoms with Gasteiger partial charge in [0.15, 0.2) is 0 Å². The maximum absolute atomic E-state index is 4.52. The van der Waals surface area contributed by atoms with Crippen LogP contribution in [0.2, 0.25) is 0 Å². The summed E-state index contributed by atoms with van der Waals surface area (Å²) in [6, 6.07) is 8.48. The van der Waals surface area contributed by atoms with Gasteiger partial charge in [-0.05, 0) is 23.9 Å². The van der Waals surface area contributed by atoms with Crippen LogP contribution in [0.4, 0.5) is 0 Å². The van der Waals surface area contributed by atoms with Crippen LogP contribution in [0.1, 0.15) is 44.9 Å². The van der Waals surface area contributed by atoms with Crippen molar-refractivity contribution in [2.24, 2.45) is 0 Å². The van der Waals surface area contributed by atoms with Crippen molar-refractivity contribution in [2.75, 3.05) is 0 Å². The smallest absolute Gasteiger partial charge is 0.106 e. The van der Waals surface area contributed by atoms with Crippen molar-refractivity contribution in [3.05, 3.63) is 48.7 Å². The third-order valence-electron chi connectivity index (χ3n) is 4.10. The first kappa shape index (κ1) is 14.8. The zero-order valence-electron chi connectivity index (χ0n) is 13.2. The van der Waals surface area contributed by atoms with Gasteiger partial charge in [0.25, 0.3) is 0 Å². The fourth-order valence-electron chi connectivity index (χ4n) is 2.78. The molecule has 0 unspecified atom stereocenters. The quantitative estimate of drug-likeness (QED) is 0.613. The summed E-state index contributed by atoms with van der Waals surface area (Å²) in [5.74, 6) is 1.10. The van der Waals surface area contributed by atoms with E-state index >= 15 is 0 Å². The molecule has 0 aliphatic carbocycles. The lowest BCUT2D eigenvalue weighted by Gasteiger charge is -2.01. The Kier molecular flexibility index (Phi) is 4.84. The Labute approximate surface area is 131 Å². The number of unbranched alkanes of at least 4 members (excludes halogenated alkanes) is 4. The Bertz CT molecular complexity index is 730. The highest BCUT2D eigenvalue weighted by molar-refractivity contribution is 5.85. The zero-order chi connectivity index (χ0) is 15.2. The molecule has 0 atom stereocenters. The van der Waals surface area contributed by atoms with Crippen molar-refractivity contribution in [3.8, 4) is 11.3 Å². The lowest BCUT2D eigenvalue weighted by Crippen LogP contribution is -1.89. The van der Waals surface area contributed by atoms with E-state index in [1.165, 1.54) is 43.1 Å². The Morgan fingerprint density at radius 3 is 2.77 bits per heavy atom. The van der Waals surface area contributed by atoms with Crippen molar-refractivity contribution in [1.29, 1.82) is 0 Å². The fraction of sp³-hybridized carbons (Fsp3) is 0.368. The highest BCUT2D eigenvalue weighted by Crippen LogP contribution is 2.22. The molecular weight excluding hydrogens is 270 g/mol. The molecule has 114 valence electrons. The summed E-state index contributed by atoms with van der Waals surface area (Å²) in [5.41, 5.74) is 2.26. The average molecular weight is 293 g/mol. The van der Waals surface area contributed by atoms with Crippen LogP contribution in [0.25, 0.3) is 22.0 Å². The normalized spacial score (nSPS) is 11.1. The van der Waals surface area contributed by atoms with Crippen molar-refractivity contribution in [2.45, 2.75) is 45.4 Å². The maximum atomic E-state index is 4.52. The largest absolute Gasteiger partial charge is 0.342 e. The molecule has 2 aromatic heterocycles. The Hall–Kier alpha value is -2.16. The predicted octanol–water partition coefficient (Wildman–Crippen LogP) is 5.14. The first-order valence-corrected chi connectivity index (χ1v) is 8.25. The lowest BCUT2D eigenvalue weighted by atomic mass is 10.1. The van der Waals surface area contributed by atoms with Gasteiger partial charge in [0.2, 0.25) is 0 Å². The summed E-state index contributed by atoms with van der Waals surface area (Å²) in [5, 5.41) is 2.38. The summed E-state index contributed by atoms with van der Waals surface area (Å²) < 4.78 is 0. The minimum atomic E-state index is 1.04. The van der Waals surface area contributed by atoms with Crippen LogP contribution >= 0.6 is 0 Å². The van der Waals surface area contributed by atoms with Crippen molar-refractivity contribution < 1.29 is 0 Å². The van der Waals surface area contributed by atoms with E-state index in [1.807, 2.05) is 24.7 Å². The molecule has 0 aliphatic heterocycles. The number of benzene rings is 1. The molecule has 0 spiro atoms. The van der Waals surface area contributed by atoms with Crippen molar-refractivity contribution in [1.82, 2.24) is 15.0 Å². The number of hydrogen-bond acceptors (Lipinski definition) is 2. The van der Waals surface area contributed by atoms with Gasteiger partial charge in [-0.15, -0.1) is 0 Å². The summed E-state index contributed by atoms with van der Waals surface area (Å²) in [7, 11) is 0. The number of H-pyrrole nitrogens is 1. The van der Waals surface area contributed by atoms with Gasteiger partial charge < -0.3 is 4.98 Å². The van der Waals surface area contributed by atoms with Gasteiger partial charge in [0.05, 0.1) is 11.9 Å².